The van der Waals surface area contributed by atoms with Gasteiger partial charge in [-0.15, -0.1) is 0 Å². The zero-order chi connectivity index (χ0) is 19.7. The monoisotopic (exact) mass is 378 g/mol. The summed E-state index contributed by atoms with van der Waals surface area (Å²) in [5.41, 5.74) is 2.24. The van der Waals surface area contributed by atoms with E-state index in [9.17, 15) is 9.59 Å². The Morgan fingerprint density at radius 1 is 1.18 bits per heavy atom. The summed E-state index contributed by atoms with van der Waals surface area (Å²) in [7, 11) is 1.29. The quantitative estimate of drug-likeness (QED) is 0.598. The summed E-state index contributed by atoms with van der Waals surface area (Å²) < 4.78 is 21.5. The zero-order valence-corrected chi connectivity index (χ0v) is 15.4. The van der Waals surface area contributed by atoms with Crippen molar-refractivity contribution in [3.8, 4) is 17.2 Å². The number of ketones is 1. The third-order valence-electron chi connectivity index (χ3n) is 4.54. The number of carbonyl (C=O) groups excluding carboxylic acids is 2. The van der Waals surface area contributed by atoms with Crippen molar-refractivity contribution in [1.29, 1.82) is 0 Å². The topological polar surface area (TPSA) is 71.1 Å². The van der Waals surface area contributed by atoms with Crippen molar-refractivity contribution in [2.45, 2.75) is 13.0 Å². The van der Waals surface area contributed by atoms with Crippen LogP contribution in [0.5, 0.6) is 17.2 Å². The average Bonchev–Trinajstić information content (AvgIpc) is 3.01. The van der Waals surface area contributed by atoms with Gasteiger partial charge in [0.1, 0.15) is 23.4 Å². The van der Waals surface area contributed by atoms with Crippen LogP contribution in [0.3, 0.4) is 0 Å². The number of para-hydroxylation sites is 1. The van der Waals surface area contributed by atoms with Gasteiger partial charge in [-0.1, -0.05) is 18.2 Å². The lowest BCUT2D eigenvalue weighted by Crippen LogP contribution is -2.18. The van der Waals surface area contributed by atoms with Gasteiger partial charge in [0, 0.05) is 11.6 Å². The van der Waals surface area contributed by atoms with Crippen LogP contribution in [-0.4, -0.2) is 31.6 Å². The maximum atomic E-state index is 12.7. The number of hydrogen-bond donors (Lipinski definition) is 0. The molecule has 6 nitrogen and oxygen atoms in total. The number of benzene rings is 2. The van der Waals surface area contributed by atoms with E-state index in [4.69, 9.17) is 14.2 Å². The first-order valence-corrected chi connectivity index (χ1v) is 8.80. The Balaban J connectivity index is 1.57. The van der Waals surface area contributed by atoms with Crippen molar-refractivity contribution in [3.05, 3.63) is 71.0 Å². The minimum Gasteiger partial charge on any atom is -0.485 e. The molecule has 0 aliphatic carbocycles. The first-order chi connectivity index (χ1) is 13.5. The minimum atomic E-state index is -0.489. The van der Waals surface area contributed by atoms with Crippen molar-refractivity contribution >= 4 is 17.8 Å². The lowest BCUT2D eigenvalue weighted by atomic mass is 10.0. The fraction of sp³-hybridized carbons (Fsp3) is 0.182. The summed E-state index contributed by atoms with van der Waals surface area (Å²) >= 11 is 0. The maximum absolute atomic E-state index is 12.7. The van der Waals surface area contributed by atoms with E-state index in [1.807, 2.05) is 37.3 Å². The van der Waals surface area contributed by atoms with E-state index in [0.717, 1.165) is 16.9 Å². The van der Waals surface area contributed by atoms with Crippen LogP contribution in [0.2, 0.25) is 0 Å². The van der Waals surface area contributed by atoms with Gasteiger partial charge in [-0.3, -0.25) is 4.79 Å². The van der Waals surface area contributed by atoms with E-state index in [2.05, 4.69) is 4.74 Å². The van der Waals surface area contributed by atoms with Crippen LogP contribution in [0, 0.1) is 0 Å². The number of methoxy groups -OCH3 is 1. The largest absolute Gasteiger partial charge is 0.485 e. The first-order valence-electron chi connectivity index (χ1n) is 8.80. The molecular weight excluding hydrogens is 360 g/mol. The molecule has 0 aromatic heterocycles. The highest BCUT2D eigenvalue weighted by molar-refractivity contribution is 6.12. The molecule has 0 bridgehead atoms. The van der Waals surface area contributed by atoms with Gasteiger partial charge in [0.15, 0.2) is 12.4 Å². The van der Waals surface area contributed by atoms with Crippen molar-refractivity contribution in [2.75, 3.05) is 13.7 Å². The highest BCUT2D eigenvalue weighted by atomic mass is 16.6. The second kappa shape index (κ2) is 7.23. The Morgan fingerprint density at radius 3 is 2.82 bits per heavy atom. The van der Waals surface area contributed by atoms with Crippen LogP contribution in [0.15, 0.2) is 59.9 Å². The molecule has 1 atom stereocenters. The van der Waals surface area contributed by atoms with E-state index in [1.165, 1.54) is 7.11 Å². The van der Waals surface area contributed by atoms with Gasteiger partial charge in [-0.05, 0) is 42.8 Å². The fourth-order valence-electron chi connectivity index (χ4n) is 3.03. The fourth-order valence-corrected chi connectivity index (χ4v) is 3.03. The van der Waals surface area contributed by atoms with Crippen LogP contribution in [0.1, 0.15) is 22.8 Å². The number of carbonyl (C=O) groups is 2. The molecular formula is C22H18O6. The first kappa shape index (κ1) is 17.9. The molecule has 0 spiro atoms. The molecule has 0 saturated heterocycles. The maximum Gasteiger partial charge on any atom is 0.343 e. The number of fused-ring (bicyclic) bond motifs is 2. The lowest BCUT2D eigenvalue weighted by molar-refractivity contribution is -0.142. The molecule has 2 aromatic rings. The van der Waals surface area contributed by atoms with Crippen LogP contribution in [0.4, 0.5) is 0 Å². The SMILES string of the molecule is COC(=O)COc1ccc2c(c1)O/C(=C/C1=Cc3ccccc3O[C@@H]1C)C2=O. The van der Waals surface area contributed by atoms with Gasteiger partial charge in [-0.2, -0.15) is 0 Å². The molecule has 0 radical (unpaired) electrons. The summed E-state index contributed by atoms with van der Waals surface area (Å²) in [5.74, 6) is 1.15. The molecule has 0 N–H and O–H groups in total. The average molecular weight is 378 g/mol. The molecule has 142 valence electrons. The van der Waals surface area contributed by atoms with Gasteiger partial charge < -0.3 is 18.9 Å². The minimum absolute atomic E-state index is 0.207. The highest BCUT2D eigenvalue weighted by Gasteiger charge is 2.29. The molecule has 2 heterocycles. The van der Waals surface area contributed by atoms with Crippen molar-refractivity contribution in [3.63, 3.8) is 0 Å². The summed E-state index contributed by atoms with van der Waals surface area (Å²) in [5, 5.41) is 0. The molecule has 2 aliphatic rings. The molecule has 2 aliphatic heterocycles. The lowest BCUT2D eigenvalue weighted by Gasteiger charge is -2.22. The summed E-state index contributed by atoms with van der Waals surface area (Å²) in [6, 6.07) is 12.5. The number of allylic oxidation sites excluding steroid dienone is 1. The summed E-state index contributed by atoms with van der Waals surface area (Å²) in [6.07, 6.45) is 3.49. The predicted molar refractivity (Wildman–Crippen MR) is 102 cm³/mol. The Labute approximate surface area is 162 Å². The highest BCUT2D eigenvalue weighted by Crippen LogP contribution is 2.36. The molecule has 4 rings (SSSR count). The van der Waals surface area contributed by atoms with Crippen LogP contribution < -0.4 is 14.2 Å². The van der Waals surface area contributed by atoms with Crippen molar-refractivity contribution in [1.82, 2.24) is 0 Å². The van der Waals surface area contributed by atoms with E-state index >= 15 is 0 Å². The molecule has 0 amide bonds. The standard InChI is InChI=1S/C22H18O6/c1-13-15(9-14-5-3-4-6-18(14)27-13)10-20-22(24)17-8-7-16(11-19(17)28-20)26-12-21(23)25-2/h3-11,13H,12H2,1-2H3/b20-10+/t13-/m1/s1. The second-order valence-electron chi connectivity index (χ2n) is 6.40. The molecule has 0 fully saturated rings. The van der Waals surface area contributed by atoms with Crippen molar-refractivity contribution < 1.29 is 28.5 Å². The second-order valence-corrected chi connectivity index (χ2v) is 6.40. The zero-order valence-electron chi connectivity index (χ0n) is 15.4. The molecule has 0 saturated carbocycles. The van der Waals surface area contributed by atoms with Crippen molar-refractivity contribution in [2.24, 2.45) is 0 Å². The van der Waals surface area contributed by atoms with Gasteiger partial charge in [0.2, 0.25) is 5.78 Å². The van der Waals surface area contributed by atoms with E-state index < -0.39 is 5.97 Å². The molecule has 2 aromatic carbocycles. The number of ether oxygens (including phenoxy) is 4. The van der Waals surface area contributed by atoms with Crippen LogP contribution >= 0.6 is 0 Å². The normalized spacial score (nSPS) is 18.5. The summed E-state index contributed by atoms with van der Waals surface area (Å²) in [4.78, 5) is 23.9. The number of esters is 1. The van der Waals surface area contributed by atoms with Gasteiger partial charge in [0.05, 0.1) is 12.7 Å². The van der Waals surface area contributed by atoms with Crippen LogP contribution in [-0.2, 0) is 9.53 Å². The van der Waals surface area contributed by atoms with Crippen LogP contribution in [0.25, 0.3) is 6.08 Å². The number of hydrogen-bond acceptors (Lipinski definition) is 6. The number of Topliss-reactive ketones (excluding diaryl/α,β-unsaturated/α-hetero) is 1. The Kier molecular flexibility index (Phi) is 4.61. The van der Waals surface area contributed by atoms with E-state index in [-0.39, 0.29) is 24.3 Å². The van der Waals surface area contributed by atoms with Gasteiger partial charge >= 0.3 is 5.97 Å². The molecule has 0 unspecified atom stereocenters. The third kappa shape index (κ3) is 3.36. The molecule has 28 heavy (non-hydrogen) atoms. The van der Waals surface area contributed by atoms with Gasteiger partial charge in [0.25, 0.3) is 0 Å². The third-order valence-corrected chi connectivity index (χ3v) is 4.54. The van der Waals surface area contributed by atoms with E-state index in [0.29, 0.717) is 17.1 Å². The number of rotatable bonds is 4. The Bertz CT molecular complexity index is 1020. The Morgan fingerprint density at radius 2 is 2.00 bits per heavy atom. The molecule has 6 heteroatoms. The summed E-state index contributed by atoms with van der Waals surface area (Å²) in [6.45, 7) is 1.71. The Hall–Kier alpha value is -3.54. The van der Waals surface area contributed by atoms with E-state index in [1.54, 1.807) is 24.3 Å². The van der Waals surface area contributed by atoms with Gasteiger partial charge in [-0.25, -0.2) is 4.79 Å². The predicted octanol–water partition coefficient (Wildman–Crippen LogP) is 3.56. The smallest absolute Gasteiger partial charge is 0.343 e.